The zero-order valence-electron chi connectivity index (χ0n) is 10.7. The second kappa shape index (κ2) is 5.62. The van der Waals surface area contributed by atoms with Crippen LogP contribution in [0, 0.1) is 11.8 Å². The predicted octanol–water partition coefficient (Wildman–Crippen LogP) is 3.79. The van der Waals surface area contributed by atoms with Crippen molar-refractivity contribution in [2.45, 2.75) is 56.7 Å². The van der Waals surface area contributed by atoms with Crippen LogP contribution in [-0.4, -0.2) is 23.0 Å². The maximum absolute atomic E-state index is 12.6. The lowest BCUT2D eigenvalue weighted by Gasteiger charge is -2.42. The highest BCUT2D eigenvalue weighted by Gasteiger charge is 2.44. The van der Waals surface area contributed by atoms with Crippen molar-refractivity contribution in [3.8, 4) is 0 Å². The Hall–Kier alpha value is -0.260. The summed E-state index contributed by atoms with van der Waals surface area (Å²) in [5.41, 5.74) is -0.141. The summed E-state index contributed by atoms with van der Waals surface area (Å²) < 4.78 is 37.7. The SMILES string of the molecule is O=C(NC1(CBr)CCC1)C1CCC(C(F)(F)F)CC1. The average Bonchev–Trinajstić information content (AvgIpc) is 2.32. The van der Waals surface area contributed by atoms with Gasteiger partial charge in [0.25, 0.3) is 0 Å². The number of alkyl halides is 4. The number of hydrogen-bond acceptors (Lipinski definition) is 1. The average molecular weight is 342 g/mol. The zero-order valence-corrected chi connectivity index (χ0v) is 12.3. The smallest absolute Gasteiger partial charge is 0.350 e. The third-order valence-corrected chi connectivity index (χ3v) is 5.59. The molecule has 19 heavy (non-hydrogen) atoms. The van der Waals surface area contributed by atoms with Gasteiger partial charge in [-0.25, -0.2) is 0 Å². The fraction of sp³-hybridized carbons (Fsp3) is 0.923. The summed E-state index contributed by atoms with van der Waals surface area (Å²) in [6.45, 7) is 0. The predicted molar refractivity (Wildman–Crippen MR) is 70.0 cm³/mol. The first kappa shape index (κ1) is 15.1. The van der Waals surface area contributed by atoms with Gasteiger partial charge in [-0.2, -0.15) is 13.2 Å². The molecule has 2 saturated carbocycles. The van der Waals surface area contributed by atoms with Crippen LogP contribution in [0.15, 0.2) is 0 Å². The van der Waals surface area contributed by atoms with Crippen LogP contribution in [0.2, 0.25) is 0 Å². The van der Waals surface area contributed by atoms with Crippen molar-refractivity contribution < 1.29 is 18.0 Å². The Morgan fingerprint density at radius 1 is 1.21 bits per heavy atom. The van der Waals surface area contributed by atoms with E-state index in [1.165, 1.54) is 0 Å². The van der Waals surface area contributed by atoms with E-state index in [-0.39, 0.29) is 30.2 Å². The number of carbonyl (C=O) groups excluding carboxylic acids is 1. The molecule has 0 aromatic heterocycles. The molecule has 0 saturated heterocycles. The molecule has 2 nitrogen and oxygen atoms in total. The first-order valence-electron chi connectivity index (χ1n) is 6.81. The van der Waals surface area contributed by atoms with E-state index >= 15 is 0 Å². The number of rotatable bonds is 3. The highest BCUT2D eigenvalue weighted by atomic mass is 79.9. The monoisotopic (exact) mass is 341 g/mol. The van der Waals surface area contributed by atoms with Crippen LogP contribution in [0.5, 0.6) is 0 Å². The van der Waals surface area contributed by atoms with E-state index < -0.39 is 12.1 Å². The summed E-state index contributed by atoms with van der Waals surface area (Å²) in [6, 6.07) is 0. The number of amides is 1. The van der Waals surface area contributed by atoms with Gasteiger partial charge in [0, 0.05) is 16.8 Å². The summed E-state index contributed by atoms with van der Waals surface area (Å²) in [5, 5.41) is 3.76. The molecule has 1 N–H and O–H groups in total. The van der Waals surface area contributed by atoms with E-state index in [2.05, 4.69) is 21.2 Å². The normalized spacial score (nSPS) is 30.5. The first-order valence-corrected chi connectivity index (χ1v) is 7.93. The van der Waals surface area contributed by atoms with Gasteiger partial charge in [-0.15, -0.1) is 0 Å². The summed E-state index contributed by atoms with van der Waals surface area (Å²) >= 11 is 3.41. The molecular formula is C13H19BrF3NO. The summed E-state index contributed by atoms with van der Waals surface area (Å²) in [5.74, 6) is -1.51. The van der Waals surface area contributed by atoms with Crippen molar-refractivity contribution in [3.05, 3.63) is 0 Å². The lowest BCUT2D eigenvalue weighted by molar-refractivity contribution is -0.184. The summed E-state index contributed by atoms with van der Waals surface area (Å²) in [4.78, 5) is 12.1. The van der Waals surface area contributed by atoms with Gasteiger partial charge in [0.05, 0.1) is 5.92 Å². The van der Waals surface area contributed by atoms with Gasteiger partial charge >= 0.3 is 6.18 Å². The Kier molecular flexibility index (Phi) is 4.48. The molecule has 2 fully saturated rings. The van der Waals surface area contributed by atoms with E-state index in [1.54, 1.807) is 0 Å². The largest absolute Gasteiger partial charge is 0.391 e. The molecule has 0 unspecified atom stereocenters. The van der Waals surface area contributed by atoms with Gasteiger partial charge in [-0.1, -0.05) is 15.9 Å². The standard InChI is InChI=1S/C13H19BrF3NO/c14-8-12(6-1-7-12)18-11(19)9-2-4-10(5-3-9)13(15,16)17/h9-10H,1-8H2,(H,18,19). The molecule has 0 atom stereocenters. The number of nitrogens with one attached hydrogen (secondary N) is 1. The molecule has 6 heteroatoms. The lowest BCUT2D eigenvalue weighted by Crippen LogP contribution is -2.56. The Morgan fingerprint density at radius 2 is 1.79 bits per heavy atom. The molecule has 0 aliphatic heterocycles. The molecule has 0 radical (unpaired) electrons. The van der Waals surface area contributed by atoms with E-state index in [0.717, 1.165) is 24.6 Å². The maximum atomic E-state index is 12.6. The van der Waals surface area contributed by atoms with Gasteiger partial charge < -0.3 is 5.32 Å². The fourth-order valence-electron chi connectivity index (χ4n) is 2.94. The second-order valence-corrected chi connectivity index (χ2v) is 6.41. The van der Waals surface area contributed by atoms with Crippen LogP contribution in [0.3, 0.4) is 0 Å². The highest BCUT2D eigenvalue weighted by molar-refractivity contribution is 9.09. The van der Waals surface area contributed by atoms with Gasteiger partial charge in [0.1, 0.15) is 0 Å². The molecule has 0 heterocycles. The van der Waals surface area contributed by atoms with Crippen molar-refractivity contribution in [2.24, 2.45) is 11.8 Å². The third kappa shape index (κ3) is 3.44. The molecule has 0 aromatic rings. The van der Waals surface area contributed by atoms with Crippen LogP contribution in [0.25, 0.3) is 0 Å². The topological polar surface area (TPSA) is 29.1 Å². The van der Waals surface area contributed by atoms with Crippen molar-refractivity contribution in [2.75, 3.05) is 5.33 Å². The Balaban J connectivity index is 1.83. The minimum Gasteiger partial charge on any atom is -0.350 e. The Labute approximate surface area is 119 Å². The zero-order chi connectivity index (χ0) is 14.1. The Bertz CT molecular complexity index is 328. The fourth-order valence-corrected chi connectivity index (χ4v) is 3.64. The van der Waals surface area contributed by atoms with Crippen LogP contribution >= 0.6 is 15.9 Å². The molecule has 2 aliphatic rings. The maximum Gasteiger partial charge on any atom is 0.391 e. The van der Waals surface area contributed by atoms with Gasteiger partial charge in [0.2, 0.25) is 5.91 Å². The first-order chi connectivity index (χ1) is 8.86. The number of carbonyl (C=O) groups is 1. The van der Waals surface area contributed by atoms with E-state index in [1.807, 2.05) is 0 Å². The van der Waals surface area contributed by atoms with Crippen LogP contribution < -0.4 is 5.32 Å². The molecule has 2 rings (SSSR count). The summed E-state index contributed by atoms with van der Waals surface area (Å²) in [6.07, 6.45) is -0.197. The van der Waals surface area contributed by atoms with Gasteiger partial charge in [-0.3, -0.25) is 4.79 Å². The second-order valence-electron chi connectivity index (χ2n) is 5.85. The molecule has 0 bridgehead atoms. The number of hydrogen-bond donors (Lipinski definition) is 1. The van der Waals surface area contributed by atoms with Crippen molar-refractivity contribution in [1.82, 2.24) is 5.32 Å². The molecule has 0 aromatic carbocycles. The van der Waals surface area contributed by atoms with E-state index in [0.29, 0.717) is 12.8 Å². The third-order valence-electron chi connectivity index (χ3n) is 4.52. The molecular weight excluding hydrogens is 323 g/mol. The van der Waals surface area contributed by atoms with Crippen LogP contribution in [-0.2, 0) is 4.79 Å². The van der Waals surface area contributed by atoms with E-state index in [4.69, 9.17) is 0 Å². The molecule has 0 spiro atoms. The van der Waals surface area contributed by atoms with Crippen molar-refractivity contribution in [3.63, 3.8) is 0 Å². The molecule has 2 aliphatic carbocycles. The quantitative estimate of drug-likeness (QED) is 0.777. The van der Waals surface area contributed by atoms with Gasteiger partial charge in [-0.05, 0) is 44.9 Å². The van der Waals surface area contributed by atoms with Crippen LogP contribution in [0.4, 0.5) is 13.2 Å². The van der Waals surface area contributed by atoms with Gasteiger partial charge in [0.15, 0.2) is 0 Å². The minimum absolute atomic E-state index is 0.0558. The Morgan fingerprint density at radius 3 is 2.16 bits per heavy atom. The van der Waals surface area contributed by atoms with Crippen molar-refractivity contribution in [1.29, 1.82) is 0 Å². The van der Waals surface area contributed by atoms with Crippen LogP contribution in [0.1, 0.15) is 44.9 Å². The number of halogens is 4. The lowest BCUT2D eigenvalue weighted by atomic mass is 9.76. The minimum atomic E-state index is -4.10. The summed E-state index contributed by atoms with van der Waals surface area (Å²) in [7, 11) is 0. The highest BCUT2D eigenvalue weighted by Crippen LogP contribution is 2.40. The van der Waals surface area contributed by atoms with E-state index in [9.17, 15) is 18.0 Å². The van der Waals surface area contributed by atoms with Crippen molar-refractivity contribution >= 4 is 21.8 Å². The molecule has 1 amide bonds. The molecule has 110 valence electrons.